The van der Waals surface area contributed by atoms with Gasteiger partial charge in [-0.15, -0.1) is 0 Å². The van der Waals surface area contributed by atoms with Crippen molar-refractivity contribution >= 4 is 32.6 Å². The van der Waals surface area contributed by atoms with Crippen molar-refractivity contribution in [2.75, 3.05) is 5.32 Å². The summed E-state index contributed by atoms with van der Waals surface area (Å²) in [7, 11) is 0. The molecular formula is C20H13FN2OS. The maximum absolute atomic E-state index is 13.3. The summed E-state index contributed by atoms with van der Waals surface area (Å²) in [4.78, 5) is 17.1. The van der Waals surface area contributed by atoms with Crippen LogP contribution in [0.1, 0.15) is 10.4 Å². The van der Waals surface area contributed by atoms with Crippen LogP contribution in [0.5, 0.6) is 0 Å². The highest BCUT2D eigenvalue weighted by atomic mass is 32.1. The van der Waals surface area contributed by atoms with Crippen LogP contribution in [-0.2, 0) is 0 Å². The van der Waals surface area contributed by atoms with Gasteiger partial charge in [0, 0.05) is 5.56 Å². The number of benzene rings is 3. The number of anilines is 1. The van der Waals surface area contributed by atoms with Crippen molar-refractivity contribution in [1.29, 1.82) is 0 Å². The standard InChI is InChI=1S/C20H13FN2OS/c21-14-10-11-17-18(12-14)25-20(22-17)23-19(24)16-9-5-4-8-15(16)13-6-2-1-3-7-13/h1-12H,(H,22,23,24). The van der Waals surface area contributed by atoms with Gasteiger partial charge in [-0.1, -0.05) is 59.9 Å². The van der Waals surface area contributed by atoms with Gasteiger partial charge in [0.1, 0.15) is 5.82 Å². The van der Waals surface area contributed by atoms with Gasteiger partial charge in [-0.05, 0) is 35.4 Å². The molecule has 3 nitrogen and oxygen atoms in total. The van der Waals surface area contributed by atoms with E-state index in [0.717, 1.165) is 11.1 Å². The van der Waals surface area contributed by atoms with E-state index in [-0.39, 0.29) is 11.7 Å². The first-order valence-electron chi connectivity index (χ1n) is 7.72. The van der Waals surface area contributed by atoms with E-state index in [0.29, 0.717) is 20.9 Å². The van der Waals surface area contributed by atoms with Gasteiger partial charge in [-0.25, -0.2) is 9.37 Å². The number of halogens is 1. The van der Waals surface area contributed by atoms with E-state index >= 15 is 0 Å². The van der Waals surface area contributed by atoms with E-state index in [4.69, 9.17) is 0 Å². The van der Waals surface area contributed by atoms with E-state index in [1.807, 2.05) is 48.5 Å². The van der Waals surface area contributed by atoms with Crippen molar-refractivity contribution in [2.24, 2.45) is 0 Å². The molecule has 4 aromatic rings. The molecule has 0 aliphatic carbocycles. The number of carbonyl (C=O) groups is 1. The third-order valence-electron chi connectivity index (χ3n) is 3.83. The second kappa shape index (κ2) is 6.45. The lowest BCUT2D eigenvalue weighted by Crippen LogP contribution is -2.12. The van der Waals surface area contributed by atoms with Crippen LogP contribution in [-0.4, -0.2) is 10.9 Å². The summed E-state index contributed by atoms with van der Waals surface area (Å²) < 4.78 is 14.0. The van der Waals surface area contributed by atoms with E-state index in [2.05, 4.69) is 10.3 Å². The topological polar surface area (TPSA) is 42.0 Å². The minimum absolute atomic E-state index is 0.237. The summed E-state index contributed by atoms with van der Waals surface area (Å²) in [6.45, 7) is 0. The number of hydrogen-bond acceptors (Lipinski definition) is 3. The molecule has 0 unspecified atom stereocenters. The maximum Gasteiger partial charge on any atom is 0.258 e. The van der Waals surface area contributed by atoms with Gasteiger partial charge < -0.3 is 0 Å². The van der Waals surface area contributed by atoms with Crippen LogP contribution >= 0.6 is 11.3 Å². The van der Waals surface area contributed by atoms with Crippen molar-refractivity contribution < 1.29 is 9.18 Å². The highest BCUT2D eigenvalue weighted by molar-refractivity contribution is 7.22. The van der Waals surface area contributed by atoms with Crippen molar-refractivity contribution in [2.45, 2.75) is 0 Å². The van der Waals surface area contributed by atoms with Crippen LogP contribution in [0.3, 0.4) is 0 Å². The molecule has 0 aliphatic heterocycles. The average molecular weight is 348 g/mol. The van der Waals surface area contributed by atoms with Crippen LogP contribution in [0.2, 0.25) is 0 Å². The number of carbonyl (C=O) groups excluding carboxylic acids is 1. The lowest BCUT2D eigenvalue weighted by atomic mass is 9.99. The van der Waals surface area contributed by atoms with Crippen molar-refractivity contribution in [3.63, 3.8) is 0 Å². The molecule has 5 heteroatoms. The fraction of sp³-hybridized carbons (Fsp3) is 0. The van der Waals surface area contributed by atoms with E-state index in [1.165, 1.54) is 23.5 Å². The van der Waals surface area contributed by atoms with Gasteiger partial charge in [0.05, 0.1) is 10.2 Å². The Bertz CT molecular complexity index is 1060. The molecule has 4 rings (SSSR count). The zero-order valence-electron chi connectivity index (χ0n) is 13.1. The highest BCUT2D eigenvalue weighted by Crippen LogP contribution is 2.28. The molecule has 0 aliphatic rings. The molecule has 0 radical (unpaired) electrons. The Labute approximate surface area is 147 Å². The zero-order chi connectivity index (χ0) is 17.2. The van der Waals surface area contributed by atoms with Gasteiger partial charge in [0.25, 0.3) is 5.91 Å². The molecular weight excluding hydrogens is 335 g/mol. The van der Waals surface area contributed by atoms with E-state index < -0.39 is 0 Å². The van der Waals surface area contributed by atoms with Crippen molar-refractivity contribution in [1.82, 2.24) is 4.98 Å². The predicted octanol–water partition coefficient (Wildman–Crippen LogP) is 5.35. The van der Waals surface area contributed by atoms with Crippen LogP contribution in [0.15, 0.2) is 72.8 Å². The third-order valence-corrected chi connectivity index (χ3v) is 4.76. The van der Waals surface area contributed by atoms with Crippen molar-refractivity contribution in [3.05, 3.63) is 84.2 Å². The van der Waals surface area contributed by atoms with Gasteiger partial charge in [-0.2, -0.15) is 0 Å². The van der Waals surface area contributed by atoms with Crippen LogP contribution in [0, 0.1) is 5.82 Å². The number of aromatic nitrogens is 1. The molecule has 0 saturated carbocycles. The molecule has 0 atom stereocenters. The predicted molar refractivity (Wildman–Crippen MR) is 99.4 cm³/mol. The molecule has 25 heavy (non-hydrogen) atoms. The largest absolute Gasteiger partial charge is 0.298 e. The van der Waals surface area contributed by atoms with E-state index in [9.17, 15) is 9.18 Å². The number of nitrogens with zero attached hydrogens (tertiary/aromatic N) is 1. The first kappa shape index (κ1) is 15.5. The van der Waals surface area contributed by atoms with Gasteiger partial charge >= 0.3 is 0 Å². The fourth-order valence-electron chi connectivity index (χ4n) is 2.67. The first-order valence-corrected chi connectivity index (χ1v) is 8.54. The fourth-order valence-corrected chi connectivity index (χ4v) is 3.55. The Kier molecular flexibility index (Phi) is 3.99. The molecule has 1 heterocycles. The maximum atomic E-state index is 13.3. The normalized spacial score (nSPS) is 10.8. The van der Waals surface area contributed by atoms with Gasteiger partial charge in [0.2, 0.25) is 0 Å². The molecule has 1 amide bonds. The molecule has 0 saturated heterocycles. The Morgan fingerprint density at radius 1 is 0.960 bits per heavy atom. The first-order chi connectivity index (χ1) is 12.2. The number of nitrogens with one attached hydrogen (secondary N) is 1. The second-order valence-corrected chi connectivity index (χ2v) is 6.53. The molecule has 122 valence electrons. The Balaban J connectivity index is 1.67. The second-order valence-electron chi connectivity index (χ2n) is 5.50. The van der Waals surface area contributed by atoms with Crippen LogP contribution in [0.25, 0.3) is 21.3 Å². The monoisotopic (exact) mass is 348 g/mol. The number of amides is 1. The Morgan fingerprint density at radius 2 is 1.72 bits per heavy atom. The summed E-state index contributed by atoms with van der Waals surface area (Å²) in [6.07, 6.45) is 0. The average Bonchev–Trinajstić information content (AvgIpc) is 3.03. The number of rotatable bonds is 3. The summed E-state index contributed by atoms with van der Waals surface area (Å²) in [6, 6.07) is 21.6. The lowest BCUT2D eigenvalue weighted by molar-refractivity contribution is 0.102. The summed E-state index contributed by atoms with van der Waals surface area (Å²) >= 11 is 1.25. The molecule has 3 aromatic carbocycles. The zero-order valence-corrected chi connectivity index (χ0v) is 13.9. The molecule has 1 aromatic heterocycles. The van der Waals surface area contributed by atoms with E-state index in [1.54, 1.807) is 12.1 Å². The number of hydrogen-bond donors (Lipinski definition) is 1. The van der Waals surface area contributed by atoms with Crippen LogP contribution in [0.4, 0.5) is 9.52 Å². The molecule has 0 bridgehead atoms. The van der Waals surface area contributed by atoms with Gasteiger partial charge in [-0.3, -0.25) is 10.1 Å². The summed E-state index contributed by atoms with van der Waals surface area (Å²) in [5, 5.41) is 3.28. The molecule has 0 fully saturated rings. The SMILES string of the molecule is O=C(Nc1nc2ccc(F)cc2s1)c1ccccc1-c1ccccc1. The Morgan fingerprint density at radius 3 is 2.56 bits per heavy atom. The summed E-state index contributed by atoms with van der Waals surface area (Å²) in [5.74, 6) is -0.553. The molecule has 1 N–H and O–H groups in total. The van der Waals surface area contributed by atoms with Crippen molar-refractivity contribution in [3.8, 4) is 11.1 Å². The van der Waals surface area contributed by atoms with Crippen LogP contribution < -0.4 is 5.32 Å². The third kappa shape index (κ3) is 3.14. The summed E-state index contributed by atoms with van der Waals surface area (Å²) in [5.41, 5.74) is 3.06. The lowest BCUT2D eigenvalue weighted by Gasteiger charge is -2.09. The highest BCUT2D eigenvalue weighted by Gasteiger charge is 2.14. The Hall–Kier alpha value is -3.05. The quantitative estimate of drug-likeness (QED) is 0.542. The minimum Gasteiger partial charge on any atom is -0.298 e. The number of fused-ring (bicyclic) bond motifs is 1. The van der Waals surface area contributed by atoms with Gasteiger partial charge in [0.15, 0.2) is 5.13 Å². The molecule has 0 spiro atoms. The minimum atomic E-state index is -0.316. The smallest absolute Gasteiger partial charge is 0.258 e. The number of thiazole rings is 1.